The Bertz CT molecular complexity index is 1580. The molecule has 3 aromatic heterocycles. The molecule has 0 aliphatic carbocycles. The Kier molecular flexibility index (Phi) is 6.67. The maximum Gasteiger partial charge on any atom is 0.174 e. The number of hydrogen-bond donors (Lipinski definition) is 1. The maximum absolute atomic E-state index is 6.08. The molecule has 0 bridgehead atoms. The van der Waals surface area contributed by atoms with Gasteiger partial charge >= 0.3 is 0 Å². The van der Waals surface area contributed by atoms with Crippen molar-refractivity contribution < 1.29 is 9.15 Å². The Labute approximate surface area is 233 Å². The van der Waals surface area contributed by atoms with Crippen molar-refractivity contribution in [2.24, 2.45) is 0 Å². The summed E-state index contributed by atoms with van der Waals surface area (Å²) in [5.74, 6) is 2.50. The fourth-order valence-electron chi connectivity index (χ4n) is 5.30. The van der Waals surface area contributed by atoms with Gasteiger partial charge in [-0.2, -0.15) is 0 Å². The molecule has 2 aromatic carbocycles. The molecule has 0 radical (unpaired) electrons. The van der Waals surface area contributed by atoms with Gasteiger partial charge in [0.1, 0.15) is 17.3 Å². The second kappa shape index (κ2) is 10.4. The molecule has 1 aliphatic rings. The Morgan fingerprint density at radius 3 is 2.33 bits per heavy atom. The second-order valence-corrected chi connectivity index (χ2v) is 10.3. The molecule has 0 spiro atoms. The molecule has 1 N–H and O–H groups in total. The van der Waals surface area contributed by atoms with Crippen LogP contribution in [0.5, 0.6) is 11.5 Å². The molecule has 0 unspecified atom stereocenters. The molecule has 1 saturated heterocycles. The fraction of sp³-hybridized carbons (Fsp3) is 0.188. The van der Waals surface area contributed by atoms with Crippen molar-refractivity contribution >= 4 is 23.0 Å². The van der Waals surface area contributed by atoms with Crippen molar-refractivity contribution in [2.45, 2.75) is 39.4 Å². The zero-order valence-electron chi connectivity index (χ0n) is 22.2. The number of rotatable bonds is 7. The number of furan rings is 1. The molecule has 7 heteroatoms. The van der Waals surface area contributed by atoms with Crippen LogP contribution in [-0.4, -0.2) is 14.7 Å². The lowest BCUT2D eigenvalue weighted by Crippen LogP contribution is -2.29. The summed E-state index contributed by atoms with van der Waals surface area (Å²) in [5.41, 5.74) is 6.67. The summed E-state index contributed by atoms with van der Waals surface area (Å²) in [5, 5.41) is 4.23. The smallest absolute Gasteiger partial charge is 0.174 e. The molecule has 0 saturated carbocycles. The molecule has 1 aliphatic heterocycles. The van der Waals surface area contributed by atoms with Crippen LogP contribution >= 0.6 is 12.2 Å². The number of aromatic nitrogens is 2. The first kappa shape index (κ1) is 24.9. The summed E-state index contributed by atoms with van der Waals surface area (Å²) < 4.78 is 14.0. The molecular weight excluding hydrogens is 504 g/mol. The van der Waals surface area contributed by atoms with Gasteiger partial charge < -0.3 is 23.9 Å². The van der Waals surface area contributed by atoms with E-state index in [0.717, 1.165) is 28.6 Å². The zero-order valence-corrected chi connectivity index (χ0v) is 23.0. The first-order chi connectivity index (χ1) is 19.0. The maximum atomic E-state index is 6.08. The average molecular weight is 535 g/mol. The normalized spacial score (nSPS) is 16.9. The van der Waals surface area contributed by atoms with Crippen molar-refractivity contribution in [3.63, 3.8) is 0 Å². The van der Waals surface area contributed by atoms with E-state index >= 15 is 0 Å². The van der Waals surface area contributed by atoms with E-state index in [1.54, 1.807) is 6.26 Å². The van der Waals surface area contributed by atoms with E-state index in [0.29, 0.717) is 11.7 Å². The van der Waals surface area contributed by atoms with Gasteiger partial charge in [-0.25, -0.2) is 0 Å². The third-order valence-corrected chi connectivity index (χ3v) is 7.61. The molecule has 1 fully saturated rings. The Hall–Kier alpha value is -4.36. The van der Waals surface area contributed by atoms with E-state index in [9.17, 15) is 0 Å². The van der Waals surface area contributed by atoms with Crippen molar-refractivity contribution in [1.82, 2.24) is 14.9 Å². The fourth-order valence-corrected chi connectivity index (χ4v) is 5.64. The minimum Gasteiger partial charge on any atom is -0.467 e. The highest BCUT2D eigenvalue weighted by Crippen LogP contribution is 2.43. The summed E-state index contributed by atoms with van der Waals surface area (Å²) in [6, 6.07) is 28.2. The summed E-state index contributed by atoms with van der Waals surface area (Å²) in [6.07, 6.45) is 3.55. The third-order valence-electron chi connectivity index (χ3n) is 7.30. The molecule has 6 rings (SSSR count). The van der Waals surface area contributed by atoms with Crippen LogP contribution in [0, 0.1) is 20.8 Å². The van der Waals surface area contributed by atoms with Gasteiger partial charge in [-0.05, 0) is 105 Å². The summed E-state index contributed by atoms with van der Waals surface area (Å²) in [6.45, 7) is 7.04. The number of ether oxygens (including phenoxy) is 1. The molecule has 196 valence electrons. The first-order valence-electron chi connectivity index (χ1n) is 13.0. The lowest BCUT2D eigenvalue weighted by molar-refractivity contribution is 0.482. The van der Waals surface area contributed by atoms with Gasteiger partial charge in [0.15, 0.2) is 5.11 Å². The van der Waals surface area contributed by atoms with Crippen LogP contribution in [0.1, 0.15) is 46.1 Å². The van der Waals surface area contributed by atoms with Gasteiger partial charge in [-0.3, -0.25) is 4.98 Å². The van der Waals surface area contributed by atoms with Crippen LogP contribution in [0.4, 0.5) is 5.69 Å². The van der Waals surface area contributed by atoms with Gasteiger partial charge in [0.05, 0.1) is 30.6 Å². The number of thiocarbonyl (C=S) groups is 1. The van der Waals surface area contributed by atoms with Crippen LogP contribution in [0.3, 0.4) is 0 Å². The van der Waals surface area contributed by atoms with Gasteiger partial charge in [0, 0.05) is 23.3 Å². The number of benzene rings is 2. The predicted molar refractivity (Wildman–Crippen MR) is 157 cm³/mol. The lowest BCUT2D eigenvalue weighted by Gasteiger charge is -2.28. The highest BCUT2D eigenvalue weighted by Gasteiger charge is 2.42. The molecule has 6 nitrogen and oxygen atoms in total. The van der Waals surface area contributed by atoms with E-state index in [1.165, 1.54) is 22.5 Å². The van der Waals surface area contributed by atoms with Gasteiger partial charge in [0.25, 0.3) is 0 Å². The van der Waals surface area contributed by atoms with Crippen molar-refractivity contribution in [2.75, 3.05) is 4.90 Å². The number of anilines is 1. The van der Waals surface area contributed by atoms with Crippen LogP contribution in [-0.2, 0) is 6.54 Å². The van der Waals surface area contributed by atoms with Crippen molar-refractivity contribution in [1.29, 1.82) is 0 Å². The van der Waals surface area contributed by atoms with E-state index in [2.05, 4.69) is 59.8 Å². The highest BCUT2D eigenvalue weighted by atomic mass is 32.1. The number of nitrogens with one attached hydrogen (secondary N) is 1. The quantitative estimate of drug-likeness (QED) is 0.219. The van der Waals surface area contributed by atoms with E-state index in [-0.39, 0.29) is 12.1 Å². The predicted octanol–water partition coefficient (Wildman–Crippen LogP) is 7.42. The standard InChI is InChI=1S/C32H30N4O2S/c1-21-9-13-25(14-10-21)38-26-15-11-24(12-16-26)36-31(30(34-32(36)39)29-8-4-5-17-33-29)28-19-22(2)35(23(28)3)20-27-7-6-18-37-27/h4-19,30-31H,20H2,1-3H3,(H,34,39)/t30-,31+/m0/s1. The molecule has 4 heterocycles. The average Bonchev–Trinajstić information content (AvgIpc) is 3.66. The Morgan fingerprint density at radius 1 is 0.923 bits per heavy atom. The number of pyridine rings is 1. The summed E-state index contributed by atoms with van der Waals surface area (Å²) in [4.78, 5) is 6.89. The van der Waals surface area contributed by atoms with Gasteiger partial charge in [-0.15, -0.1) is 0 Å². The highest BCUT2D eigenvalue weighted by molar-refractivity contribution is 7.80. The van der Waals surface area contributed by atoms with Crippen molar-refractivity contribution in [3.05, 3.63) is 131 Å². The van der Waals surface area contributed by atoms with E-state index in [4.69, 9.17) is 26.4 Å². The number of aryl methyl sites for hydroxylation is 2. The SMILES string of the molecule is Cc1ccc(Oc2ccc(N3C(=S)N[C@@H](c4ccccn4)[C@H]3c3cc(C)n(Cc4ccco4)c3C)cc2)cc1. The monoisotopic (exact) mass is 534 g/mol. The van der Waals surface area contributed by atoms with Gasteiger partial charge in [0.2, 0.25) is 0 Å². The van der Waals surface area contributed by atoms with Crippen LogP contribution < -0.4 is 15.0 Å². The molecular formula is C32H30N4O2S. The van der Waals surface area contributed by atoms with Crippen LogP contribution in [0.15, 0.2) is 102 Å². The number of nitrogens with zero attached hydrogens (tertiary/aromatic N) is 3. The summed E-state index contributed by atoms with van der Waals surface area (Å²) >= 11 is 5.94. The molecule has 39 heavy (non-hydrogen) atoms. The Morgan fingerprint density at radius 2 is 1.67 bits per heavy atom. The second-order valence-electron chi connectivity index (χ2n) is 9.90. The molecule has 5 aromatic rings. The lowest BCUT2D eigenvalue weighted by atomic mass is 9.96. The summed E-state index contributed by atoms with van der Waals surface area (Å²) in [7, 11) is 0. The molecule has 2 atom stereocenters. The topological polar surface area (TPSA) is 55.5 Å². The Balaban J connectivity index is 1.37. The minimum atomic E-state index is -0.111. The first-order valence-corrected chi connectivity index (χ1v) is 13.4. The zero-order chi connectivity index (χ0) is 26.9. The van der Waals surface area contributed by atoms with Crippen LogP contribution in [0.25, 0.3) is 0 Å². The van der Waals surface area contributed by atoms with E-state index in [1.807, 2.05) is 66.9 Å². The van der Waals surface area contributed by atoms with Gasteiger partial charge in [-0.1, -0.05) is 23.8 Å². The minimum absolute atomic E-state index is 0.0900. The van der Waals surface area contributed by atoms with Crippen LogP contribution in [0.2, 0.25) is 0 Å². The molecule has 0 amide bonds. The number of hydrogen-bond acceptors (Lipinski definition) is 4. The van der Waals surface area contributed by atoms with E-state index < -0.39 is 0 Å². The third kappa shape index (κ3) is 4.93. The largest absolute Gasteiger partial charge is 0.467 e. The van der Waals surface area contributed by atoms with Crippen molar-refractivity contribution in [3.8, 4) is 11.5 Å².